The van der Waals surface area contributed by atoms with E-state index in [2.05, 4.69) is 66.7 Å². The van der Waals surface area contributed by atoms with E-state index >= 15 is 0 Å². The van der Waals surface area contributed by atoms with Crippen LogP contribution in [0, 0.1) is 53.2 Å². The average Bonchev–Trinajstić information content (AvgIpc) is 1.06. The highest BCUT2D eigenvalue weighted by Crippen LogP contribution is 2.52. The predicted molar refractivity (Wildman–Crippen MR) is 514 cm³/mol. The van der Waals surface area contributed by atoms with E-state index in [0.717, 1.165) is 107 Å². The van der Waals surface area contributed by atoms with Crippen LogP contribution in [0.15, 0.2) is 163 Å². The van der Waals surface area contributed by atoms with Gasteiger partial charge in [-0.05, 0) is 238 Å². The summed E-state index contributed by atoms with van der Waals surface area (Å²) in [5.41, 5.74) is 37.6. The molecule has 2 saturated carbocycles. The average molecular weight is 1890 g/mol. The zero-order valence-corrected chi connectivity index (χ0v) is 79.7. The van der Waals surface area contributed by atoms with Crippen molar-refractivity contribution < 1.29 is 36.8 Å². The van der Waals surface area contributed by atoms with E-state index in [-0.39, 0.29) is 95.3 Å². The molecule has 1 saturated heterocycles. The van der Waals surface area contributed by atoms with Gasteiger partial charge in [0, 0.05) is 79.9 Å². The zero-order chi connectivity index (χ0) is 93.8. The fourth-order valence-electron chi connectivity index (χ4n) is 17.7. The van der Waals surface area contributed by atoms with E-state index in [1.54, 1.807) is 87.4 Å². The van der Waals surface area contributed by atoms with Gasteiger partial charge in [-0.3, -0.25) is 58.6 Å². The molecule has 11 N–H and O–H groups in total. The summed E-state index contributed by atoms with van der Waals surface area (Å²) in [7, 11) is 4.99. The van der Waals surface area contributed by atoms with Crippen LogP contribution >= 0.6 is 68.8 Å². The summed E-state index contributed by atoms with van der Waals surface area (Å²) in [5, 5.41) is 33.1. The number of rotatable bonds is 14. The number of sulfonamides is 1. The van der Waals surface area contributed by atoms with Gasteiger partial charge in [0.25, 0.3) is 0 Å². The van der Waals surface area contributed by atoms with E-state index in [4.69, 9.17) is 78.7 Å². The Morgan fingerprint density at radius 1 is 0.592 bits per heavy atom. The summed E-state index contributed by atoms with van der Waals surface area (Å²) in [6.45, 7) is 14.5. The molecule has 10 aromatic rings. The quantitative estimate of drug-likeness (QED) is 0.0589. The first-order valence-corrected chi connectivity index (χ1v) is 47.9. The van der Waals surface area contributed by atoms with Crippen LogP contribution < -0.4 is 28.7 Å². The Morgan fingerprint density at radius 3 is 1.80 bits per heavy atom. The zero-order valence-electron chi connectivity index (χ0n) is 74.2. The van der Waals surface area contributed by atoms with Crippen LogP contribution in [0.4, 0.5) is 4.39 Å². The largest absolute Gasteiger partial charge is 0.369 e. The minimum atomic E-state index is -3.21. The van der Waals surface area contributed by atoms with Crippen molar-refractivity contribution in [3.8, 4) is 45.0 Å². The lowest BCUT2D eigenvalue weighted by atomic mass is 9.66. The molecule has 28 nitrogen and oxygen atoms in total. The van der Waals surface area contributed by atoms with E-state index in [1.807, 2.05) is 120 Å². The number of thiophene rings is 3. The predicted octanol–water partition coefficient (Wildman–Crippen LogP) is 15.7. The molecule has 0 bridgehead atoms. The van der Waals surface area contributed by atoms with Crippen LogP contribution in [0.5, 0.6) is 0 Å². The number of aromatic amines is 1. The maximum absolute atomic E-state index is 13.7. The Balaban J connectivity index is 0.000000133. The standard InChI is InChI=1S/C27H24ClN5O.C21H21FN4OS.C18H19N5OS.C14H13Cl2N3OS.C14H26N4O3S/c1-27(23-14-20(9-10-31-23)21-11-16(15-29)12-22(28)13-21)24(25(34)33(2)26(30)32-27)19-7-5-18(6-8-19)17-3-4-17;1-21(18(12-4-3-5-12)19(27)26(2)20(24)25-21)17-9-15(11-28-17)13-6-7-16(22)14(8-13)10-23;1-10-6-14(25-9-10)16-12-5-4-11(7-13(12)21-22-16)18(2)8-15(24)23(3)17(19)20-18;1-14(6-10(20)19(2)13(17)18-14)7-3-4-9-8(5-7)11(15)12(16)21-9;1-4-8-22(20,21)18-7-5-6-11(10-18)14(2)9-12(19)17(3)13(15)16-14/h5-14,17,24H,3-4H2,1-2H3,(H2,30,32);6-9,11-12,18H,3-5H2,1-2H3,(H2,24,25);4-7,9H,8H2,1-3H3,(H2,19,20)(H,21,22);3-5H,6H2,1-2H3,(H2,17,18);11H,4-10H2,1-3H3,(H2,15,16)/t24-,27-;18-,21-;18-;14-;11?,14-/m11000/s1. The molecule has 2 aliphatic carbocycles. The fourth-order valence-corrected chi connectivity index (χ4v) is 23.0. The van der Waals surface area contributed by atoms with E-state index in [9.17, 15) is 42.0 Å². The second-order valence-corrected chi connectivity index (χ2v) is 41.7. The number of guanidine groups is 5. The molecule has 678 valence electrons. The number of H-pyrrole nitrogens is 1. The fraction of sp³-hybridized carbons (Fsp3) is 0.383. The number of likely N-dealkylation sites (N-methyl/N-ethyl adjacent to an activating group) is 1. The molecular weight excluding hydrogens is 1790 g/mol. The highest BCUT2D eigenvalue weighted by atomic mass is 35.5. The number of nitrogens with one attached hydrogen (secondary N) is 1. The summed E-state index contributed by atoms with van der Waals surface area (Å²) < 4.78 is 41.4. The molecule has 0 radical (unpaired) electrons. The molecule has 3 fully saturated rings. The molecule has 1 unspecified atom stereocenters. The van der Waals surface area contributed by atoms with Crippen LogP contribution in [0.25, 0.3) is 53.8 Å². The second kappa shape index (κ2) is 37.4. The van der Waals surface area contributed by atoms with Gasteiger partial charge in [-0.1, -0.05) is 96.7 Å². The van der Waals surface area contributed by atoms with Gasteiger partial charge < -0.3 is 28.7 Å². The molecular formula is C94H103Cl3FN21O7S4. The van der Waals surface area contributed by atoms with Crippen molar-refractivity contribution in [1.29, 1.82) is 10.5 Å². The molecule has 8 atom stereocenters. The van der Waals surface area contributed by atoms with Crippen LogP contribution in [-0.4, -0.2) is 171 Å². The molecule has 8 aliphatic rings. The van der Waals surface area contributed by atoms with Crippen LogP contribution in [0.2, 0.25) is 14.4 Å². The van der Waals surface area contributed by atoms with Crippen molar-refractivity contribution in [1.82, 2.24) is 44.0 Å². The number of nitriles is 2. The summed E-state index contributed by atoms with van der Waals surface area (Å²) in [6, 6.07) is 41.8. The smallest absolute Gasteiger partial charge is 0.239 e. The molecule has 0 spiro atoms. The normalized spacial score (nSPS) is 24.3. The first-order valence-electron chi connectivity index (χ1n) is 42.6. The Morgan fingerprint density at radius 2 is 1.20 bits per heavy atom. The minimum Gasteiger partial charge on any atom is -0.369 e. The van der Waals surface area contributed by atoms with Gasteiger partial charge in [-0.25, -0.2) is 42.1 Å². The lowest BCUT2D eigenvalue weighted by Gasteiger charge is -2.46. The van der Waals surface area contributed by atoms with Crippen molar-refractivity contribution >= 4 is 159 Å². The summed E-state index contributed by atoms with van der Waals surface area (Å²) in [5.74, 6) is 0.566. The first-order chi connectivity index (χ1) is 61.5. The molecule has 18 rings (SSSR count). The lowest BCUT2D eigenvalue weighted by Crippen LogP contribution is -2.56. The summed E-state index contributed by atoms with van der Waals surface area (Å²) in [4.78, 5) is 99.7. The number of nitrogens with two attached hydrogens (primary N) is 5. The number of aliphatic imine (C=N–C) groups is 5. The monoisotopic (exact) mass is 1890 g/mol. The van der Waals surface area contributed by atoms with Gasteiger partial charge in [0.1, 0.15) is 33.0 Å². The van der Waals surface area contributed by atoms with Crippen molar-refractivity contribution in [3.63, 3.8) is 0 Å². The van der Waals surface area contributed by atoms with Crippen LogP contribution in [0.1, 0.15) is 174 Å². The molecule has 36 heteroatoms. The molecule has 11 heterocycles. The van der Waals surface area contributed by atoms with Gasteiger partial charge in [0.2, 0.25) is 39.6 Å². The Hall–Kier alpha value is -11.5. The number of aryl methyl sites for hydroxylation is 1. The van der Waals surface area contributed by atoms with Crippen molar-refractivity contribution in [2.75, 3.05) is 54.1 Å². The number of halogens is 4. The third-order valence-corrected chi connectivity index (χ3v) is 32.5. The van der Waals surface area contributed by atoms with Gasteiger partial charge >= 0.3 is 0 Å². The summed E-state index contributed by atoms with van der Waals surface area (Å²) in [6.07, 6.45) is 10.4. The Kier molecular flexibility index (Phi) is 27.2. The van der Waals surface area contributed by atoms with Gasteiger partial charge in [0.05, 0.1) is 91.8 Å². The maximum atomic E-state index is 13.7. The van der Waals surface area contributed by atoms with Crippen molar-refractivity contribution in [3.05, 3.63) is 208 Å². The van der Waals surface area contributed by atoms with Crippen LogP contribution in [-0.2, 0) is 56.2 Å². The van der Waals surface area contributed by atoms with Crippen molar-refractivity contribution in [2.24, 2.45) is 71.4 Å². The number of benzene rings is 5. The molecule has 5 aromatic carbocycles. The van der Waals surface area contributed by atoms with Gasteiger partial charge in [-0.15, -0.1) is 34.0 Å². The SMILES string of the molecule is CCCS(=O)(=O)N1CCCC([C@]2(C)CC(=O)N(C)C(N)=N2)C1.CN1C(=O)C[C@@](C)(c2ccc3sc(Cl)c(Cl)c3c2)N=C1N.CN1C(=O)[C@@H](C2CCC2)[C@@](C)(c2cc(-c3ccc(F)c(C#N)c3)cs2)N=C1N.CN1C(=O)[C@@H](c2ccc(C3CC3)cc2)[C@@](C)(c2cc(-c3cc(Cl)cc(C#N)c3)ccn2)N=C1N.Cc1csc(-c2n[nH]c3cc([C@]4(C)CC(=O)N(C)C(N)=N4)ccc23)c1. The van der Waals surface area contributed by atoms with Gasteiger partial charge in [0.15, 0.2) is 29.8 Å². The van der Waals surface area contributed by atoms with E-state index in [1.165, 1.54) is 77.2 Å². The number of hydrogen-bond acceptors (Lipinski definition) is 24. The Labute approximate surface area is 781 Å². The number of hydrogen-bond donors (Lipinski definition) is 6. The third kappa shape index (κ3) is 19.1. The van der Waals surface area contributed by atoms with E-state index in [0.29, 0.717) is 63.4 Å². The summed E-state index contributed by atoms with van der Waals surface area (Å²) >= 11 is 23.2. The second-order valence-electron chi connectivity index (χ2n) is 35.3. The number of fused-ring (bicyclic) bond motifs is 2. The number of pyridine rings is 1. The lowest BCUT2D eigenvalue weighted by molar-refractivity contribution is -0.138. The Bertz CT molecular complexity index is 6530. The van der Waals surface area contributed by atoms with E-state index < -0.39 is 49.5 Å². The number of nitrogens with zero attached hydrogens (tertiary/aromatic N) is 15. The third-order valence-electron chi connectivity index (χ3n) is 26.0. The highest BCUT2D eigenvalue weighted by molar-refractivity contribution is 7.89. The molecule has 5 amide bonds. The van der Waals surface area contributed by atoms with Gasteiger partial charge in [-0.2, -0.15) is 15.6 Å². The highest BCUT2D eigenvalue weighted by Gasteiger charge is 2.53. The molecule has 130 heavy (non-hydrogen) atoms. The molecule has 6 aliphatic heterocycles. The van der Waals surface area contributed by atoms with Crippen molar-refractivity contribution in [2.45, 2.75) is 159 Å². The first kappa shape index (κ1) is 94.6. The minimum absolute atomic E-state index is 0.0144. The number of carbonyl (C=O) groups excluding carboxylic acids is 5. The number of aromatic nitrogens is 3. The number of carbonyl (C=O) groups is 5. The maximum Gasteiger partial charge on any atom is 0.239 e. The number of piperidine rings is 1. The molecule has 5 aromatic heterocycles. The van der Waals surface area contributed by atoms with Crippen LogP contribution in [0.3, 0.4) is 0 Å². The topological polar surface area (TPSA) is 420 Å². The number of amides is 5.